The minimum Gasteiger partial charge on any atom is -0.353 e. The van der Waals surface area contributed by atoms with E-state index in [0.717, 1.165) is 19.0 Å². The number of rotatable bonds is 7. The van der Waals surface area contributed by atoms with Gasteiger partial charge < -0.3 is 9.88 Å². The summed E-state index contributed by atoms with van der Waals surface area (Å²) in [6.45, 7) is 6.61. The Labute approximate surface area is 97.4 Å². The Bertz CT molecular complexity index is 268. The summed E-state index contributed by atoms with van der Waals surface area (Å²) < 4.78 is 2.16. The molecule has 0 aromatic carbocycles. The quantitative estimate of drug-likeness (QED) is 0.720. The molecule has 0 radical (unpaired) electrons. The van der Waals surface area contributed by atoms with Crippen LogP contribution in [0.25, 0.3) is 0 Å². The zero-order valence-corrected chi connectivity index (χ0v) is 10.8. The molecule has 0 aliphatic rings. The minimum absolute atomic E-state index is 0.808. The first-order valence-electron chi connectivity index (χ1n) is 5.59. The van der Waals surface area contributed by atoms with Crippen LogP contribution in [0, 0.1) is 5.92 Å². The van der Waals surface area contributed by atoms with Crippen molar-refractivity contribution in [1.82, 2.24) is 9.88 Å². The van der Waals surface area contributed by atoms with Gasteiger partial charge in [0.2, 0.25) is 0 Å². The zero-order chi connectivity index (χ0) is 11.1. The number of thioether (sulfide) groups is 1. The highest BCUT2D eigenvalue weighted by molar-refractivity contribution is 7.99. The van der Waals surface area contributed by atoms with Crippen LogP contribution in [0.3, 0.4) is 0 Å². The van der Waals surface area contributed by atoms with E-state index < -0.39 is 0 Å². The van der Waals surface area contributed by atoms with Gasteiger partial charge in [0.25, 0.3) is 0 Å². The molecule has 0 saturated carbocycles. The molecule has 1 N–H and O–H groups in total. The van der Waals surface area contributed by atoms with Gasteiger partial charge in [-0.3, -0.25) is 0 Å². The van der Waals surface area contributed by atoms with Gasteiger partial charge >= 0.3 is 0 Å². The lowest BCUT2D eigenvalue weighted by Gasteiger charge is -2.07. The summed E-state index contributed by atoms with van der Waals surface area (Å²) in [5, 5.41) is 3.46. The second-order valence-electron chi connectivity index (χ2n) is 4.26. The van der Waals surface area contributed by atoms with Crippen LogP contribution in [0.2, 0.25) is 0 Å². The second kappa shape index (κ2) is 6.96. The van der Waals surface area contributed by atoms with Gasteiger partial charge in [0, 0.05) is 37.8 Å². The minimum atomic E-state index is 0.808. The second-order valence-corrected chi connectivity index (χ2v) is 5.41. The average Bonchev–Trinajstić information content (AvgIpc) is 2.57. The highest BCUT2D eigenvalue weighted by Crippen LogP contribution is 2.06. The van der Waals surface area contributed by atoms with E-state index in [1.54, 1.807) is 0 Å². The summed E-state index contributed by atoms with van der Waals surface area (Å²) >= 11 is 2.03. The average molecular weight is 226 g/mol. The molecule has 0 amide bonds. The maximum atomic E-state index is 3.46. The SMILES string of the molecule is CC(C)CSCCNCc1cccn1C. The highest BCUT2D eigenvalue weighted by Gasteiger charge is 1.96. The molecule has 86 valence electrons. The Balaban J connectivity index is 2.00. The van der Waals surface area contributed by atoms with Crippen molar-refractivity contribution in [2.75, 3.05) is 18.1 Å². The molecule has 0 spiro atoms. The Morgan fingerprint density at radius 1 is 1.47 bits per heavy atom. The van der Waals surface area contributed by atoms with Crippen molar-refractivity contribution in [3.63, 3.8) is 0 Å². The molecular formula is C12H22N2S. The largest absolute Gasteiger partial charge is 0.353 e. The summed E-state index contributed by atoms with van der Waals surface area (Å²) in [6.07, 6.45) is 2.09. The van der Waals surface area contributed by atoms with Gasteiger partial charge in [0.1, 0.15) is 0 Å². The maximum absolute atomic E-state index is 3.46. The summed E-state index contributed by atoms with van der Waals surface area (Å²) in [5.74, 6) is 3.29. The molecule has 1 aromatic rings. The van der Waals surface area contributed by atoms with E-state index in [0.29, 0.717) is 0 Å². The van der Waals surface area contributed by atoms with E-state index >= 15 is 0 Å². The summed E-state index contributed by atoms with van der Waals surface area (Å²) in [5.41, 5.74) is 1.35. The van der Waals surface area contributed by atoms with Crippen LogP contribution in [0.1, 0.15) is 19.5 Å². The van der Waals surface area contributed by atoms with Crippen molar-refractivity contribution >= 4 is 11.8 Å². The van der Waals surface area contributed by atoms with Gasteiger partial charge in [-0.05, 0) is 23.8 Å². The van der Waals surface area contributed by atoms with Crippen LogP contribution in [0.5, 0.6) is 0 Å². The van der Waals surface area contributed by atoms with Gasteiger partial charge in [-0.2, -0.15) is 11.8 Å². The third kappa shape index (κ3) is 5.28. The van der Waals surface area contributed by atoms with E-state index in [-0.39, 0.29) is 0 Å². The summed E-state index contributed by atoms with van der Waals surface area (Å²) in [6, 6.07) is 4.25. The number of nitrogens with one attached hydrogen (secondary N) is 1. The molecule has 1 heterocycles. The van der Waals surface area contributed by atoms with Gasteiger partial charge in [-0.15, -0.1) is 0 Å². The molecule has 3 heteroatoms. The summed E-state index contributed by atoms with van der Waals surface area (Å²) in [4.78, 5) is 0. The molecule has 0 unspecified atom stereocenters. The fourth-order valence-corrected chi connectivity index (χ4v) is 2.29. The van der Waals surface area contributed by atoms with Crippen LogP contribution in [-0.4, -0.2) is 22.6 Å². The van der Waals surface area contributed by atoms with Crippen molar-refractivity contribution in [3.05, 3.63) is 24.0 Å². The van der Waals surface area contributed by atoms with Crippen molar-refractivity contribution in [2.45, 2.75) is 20.4 Å². The van der Waals surface area contributed by atoms with Crippen LogP contribution in [-0.2, 0) is 13.6 Å². The normalized spacial score (nSPS) is 11.2. The lowest BCUT2D eigenvalue weighted by atomic mass is 10.3. The number of hydrogen-bond acceptors (Lipinski definition) is 2. The molecule has 0 aliphatic carbocycles. The van der Waals surface area contributed by atoms with E-state index in [2.05, 4.69) is 49.1 Å². The fourth-order valence-electron chi connectivity index (χ4n) is 1.36. The summed E-state index contributed by atoms with van der Waals surface area (Å²) in [7, 11) is 2.09. The zero-order valence-electron chi connectivity index (χ0n) is 9.99. The number of aryl methyl sites for hydroxylation is 1. The van der Waals surface area contributed by atoms with Gasteiger partial charge in [0.05, 0.1) is 0 Å². The Kier molecular flexibility index (Phi) is 5.88. The molecule has 15 heavy (non-hydrogen) atoms. The maximum Gasteiger partial charge on any atom is 0.0359 e. The first-order valence-corrected chi connectivity index (χ1v) is 6.74. The predicted octanol–water partition coefficient (Wildman–Crippen LogP) is 2.50. The van der Waals surface area contributed by atoms with E-state index in [1.165, 1.54) is 17.2 Å². The molecule has 2 nitrogen and oxygen atoms in total. The molecule has 0 bridgehead atoms. The van der Waals surface area contributed by atoms with Crippen LogP contribution < -0.4 is 5.32 Å². The van der Waals surface area contributed by atoms with Crippen molar-refractivity contribution in [3.8, 4) is 0 Å². The van der Waals surface area contributed by atoms with Crippen LogP contribution in [0.15, 0.2) is 18.3 Å². The fraction of sp³-hybridized carbons (Fsp3) is 0.667. The third-order valence-corrected chi connectivity index (χ3v) is 3.63. The first kappa shape index (κ1) is 12.7. The molecule has 0 atom stereocenters. The standard InChI is InChI=1S/C12H22N2S/c1-11(2)10-15-8-6-13-9-12-5-4-7-14(12)3/h4-5,7,11,13H,6,8-10H2,1-3H3. The highest BCUT2D eigenvalue weighted by atomic mass is 32.2. The van der Waals surface area contributed by atoms with Gasteiger partial charge in [-0.1, -0.05) is 13.8 Å². The predicted molar refractivity (Wildman–Crippen MR) is 69.3 cm³/mol. The smallest absolute Gasteiger partial charge is 0.0359 e. The van der Waals surface area contributed by atoms with Gasteiger partial charge in [-0.25, -0.2) is 0 Å². The molecule has 0 fully saturated rings. The lowest BCUT2D eigenvalue weighted by Crippen LogP contribution is -2.18. The molecular weight excluding hydrogens is 204 g/mol. The first-order chi connectivity index (χ1) is 7.20. The molecule has 1 aromatic heterocycles. The Morgan fingerprint density at radius 2 is 2.27 bits per heavy atom. The van der Waals surface area contributed by atoms with E-state index in [9.17, 15) is 0 Å². The molecule has 0 saturated heterocycles. The molecule has 0 aliphatic heterocycles. The van der Waals surface area contributed by atoms with Crippen molar-refractivity contribution in [2.24, 2.45) is 13.0 Å². The van der Waals surface area contributed by atoms with Crippen molar-refractivity contribution in [1.29, 1.82) is 0 Å². The van der Waals surface area contributed by atoms with Crippen LogP contribution in [0.4, 0.5) is 0 Å². The number of hydrogen-bond donors (Lipinski definition) is 1. The van der Waals surface area contributed by atoms with Gasteiger partial charge in [0.15, 0.2) is 0 Å². The van der Waals surface area contributed by atoms with Crippen LogP contribution >= 0.6 is 11.8 Å². The van der Waals surface area contributed by atoms with E-state index in [4.69, 9.17) is 0 Å². The Morgan fingerprint density at radius 3 is 2.87 bits per heavy atom. The molecule has 1 rings (SSSR count). The lowest BCUT2D eigenvalue weighted by molar-refractivity contribution is 0.682. The monoisotopic (exact) mass is 226 g/mol. The Hall–Kier alpha value is -0.410. The van der Waals surface area contributed by atoms with E-state index in [1.807, 2.05) is 11.8 Å². The number of aromatic nitrogens is 1. The topological polar surface area (TPSA) is 17.0 Å². The third-order valence-electron chi connectivity index (χ3n) is 2.23. The number of nitrogens with zero attached hydrogens (tertiary/aromatic N) is 1. The van der Waals surface area contributed by atoms with Crippen molar-refractivity contribution < 1.29 is 0 Å².